The molecule has 0 bridgehead atoms. The number of benzene rings is 3. The molecule has 0 aromatic heterocycles. The van der Waals surface area contributed by atoms with Gasteiger partial charge >= 0.3 is 0 Å². The molecule has 0 N–H and O–H groups in total. The Kier molecular flexibility index (Phi) is 11.6. The number of ether oxygens (including phenoxy) is 3. The van der Waals surface area contributed by atoms with Gasteiger partial charge in [-0.05, 0) is 39.0 Å². The zero-order chi connectivity index (χ0) is 27.1. The molecule has 0 spiro atoms. The van der Waals surface area contributed by atoms with E-state index in [4.69, 9.17) is 14.2 Å². The van der Waals surface area contributed by atoms with Crippen LogP contribution in [0.2, 0.25) is 0 Å². The second-order valence-corrected chi connectivity index (χ2v) is 8.63. The fraction of sp³-hybridized carbons (Fsp3) is 0.357. The highest BCUT2D eigenvalue weighted by molar-refractivity contribution is 6.14. The Morgan fingerprint density at radius 2 is 0.816 bits per heavy atom. The van der Waals surface area contributed by atoms with Crippen molar-refractivity contribution in [3.05, 3.63) is 89.5 Å². The minimum atomic E-state index is -1.53. The third kappa shape index (κ3) is 8.88. The van der Waals surface area contributed by atoms with Crippen molar-refractivity contribution >= 4 is 10.2 Å². The van der Waals surface area contributed by atoms with Crippen LogP contribution in [0.1, 0.15) is 37.5 Å². The maximum Gasteiger partial charge on any atom is 0.270 e. The van der Waals surface area contributed by atoms with Gasteiger partial charge in [0.1, 0.15) is 27.5 Å². The predicted molar refractivity (Wildman–Crippen MR) is 147 cm³/mol. The average Bonchev–Trinajstić information content (AvgIpc) is 2.92. The SMILES string of the molecule is CCOc1ccccc1CN=NC([Si])(N=NCc1ccccc1OCC)N=NCc1ccccc1OCC. The van der Waals surface area contributed by atoms with Gasteiger partial charge in [-0.1, -0.05) is 54.6 Å². The number of nitrogens with zero attached hydrogens (tertiary/aromatic N) is 6. The van der Waals surface area contributed by atoms with E-state index in [1.807, 2.05) is 93.6 Å². The fourth-order valence-electron chi connectivity index (χ4n) is 3.48. The highest BCUT2D eigenvalue weighted by Crippen LogP contribution is 2.24. The molecule has 0 saturated heterocycles. The van der Waals surface area contributed by atoms with Crippen LogP contribution in [0.5, 0.6) is 17.2 Å². The Morgan fingerprint density at radius 1 is 0.526 bits per heavy atom. The van der Waals surface area contributed by atoms with Gasteiger partial charge in [0.2, 0.25) is 0 Å². The first-order valence-electron chi connectivity index (χ1n) is 12.6. The quantitative estimate of drug-likeness (QED) is 0.158. The maximum atomic E-state index is 5.69. The molecule has 9 nitrogen and oxygen atoms in total. The van der Waals surface area contributed by atoms with Crippen molar-refractivity contribution in [2.75, 3.05) is 19.8 Å². The van der Waals surface area contributed by atoms with Crippen LogP contribution in [0.15, 0.2) is 103 Å². The lowest BCUT2D eigenvalue weighted by atomic mass is 10.2. The highest BCUT2D eigenvalue weighted by Gasteiger charge is 2.22. The summed E-state index contributed by atoms with van der Waals surface area (Å²) in [6, 6.07) is 23.1. The zero-order valence-corrected chi connectivity index (χ0v) is 23.1. The van der Waals surface area contributed by atoms with E-state index in [0.29, 0.717) is 19.8 Å². The van der Waals surface area contributed by atoms with Crippen LogP contribution in [0.4, 0.5) is 0 Å². The van der Waals surface area contributed by atoms with Crippen LogP contribution in [0.3, 0.4) is 0 Å². The number of hydrogen-bond donors (Lipinski definition) is 0. The number of para-hydroxylation sites is 3. The van der Waals surface area contributed by atoms with E-state index in [1.165, 1.54) is 0 Å². The molecule has 0 saturated carbocycles. The van der Waals surface area contributed by atoms with E-state index in [2.05, 4.69) is 40.9 Å². The molecule has 0 amide bonds. The third-order valence-electron chi connectivity index (χ3n) is 5.17. The number of azo groups is 3. The van der Waals surface area contributed by atoms with E-state index in [-0.39, 0.29) is 19.6 Å². The van der Waals surface area contributed by atoms with Crippen LogP contribution in [0, 0.1) is 0 Å². The van der Waals surface area contributed by atoms with Crippen LogP contribution in [0.25, 0.3) is 0 Å². The molecule has 0 aliphatic heterocycles. The Bertz CT molecular complexity index is 1090. The van der Waals surface area contributed by atoms with Crippen molar-refractivity contribution < 1.29 is 14.2 Å². The summed E-state index contributed by atoms with van der Waals surface area (Å²) in [4.78, 5) is 0. The Balaban J connectivity index is 1.81. The molecule has 0 fully saturated rings. The maximum absolute atomic E-state index is 5.69. The van der Waals surface area contributed by atoms with Gasteiger partial charge in [-0.2, -0.15) is 15.3 Å². The van der Waals surface area contributed by atoms with Gasteiger partial charge in [0, 0.05) is 16.7 Å². The summed E-state index contributed by atoms with van der Waals surface area (Å²) in [5, 5.41) is 26.0. The minimum Gasteiger partial charge on any atom is -0.494 e. The summed E-state index contributed by atoms with van der Waals surface area (Å²) in [6.07, 6.45) is 0. The summed E-state index contributed by atoms with van der Waals surface area (Å²) in [7, 11) is 3.54. The van der Waals surface area contributed by atoms with E-state index in [9.17, 15) is 0 Å². The highest BCUT2D eigenvalue weighted by atomic mass is 28.1. The predicted octanol–water partition coefficient (Wildman–Crippen LogP) is 6.92. The van der Waals surface area contributed by atoms with Gasteiger partial charge in [0.05, 0.1) is 39.5 Å². The van der Waals surface area contributed by atoms with Crippen molar-refractivity contribution in [1.29, 1.82) is 0 Å². The van der Waals surface area contributed by atoms with Crippen molar-refractivity contribution in [2.24, 2.45) is 30.7 Å². The lowest BCUT2D eigenvalue weighted by Gasteiger charge is -2.13. The second-order valence-electron chi connectivity index (χ2n) is 7.96. The Morgan fingerprint density at radius 3 is 1.11 bits per heavy atom. The first kappa shape index (κ1) is 28.6. The monoisotopic (exact) mass is 529 g/mol. The van der Waals surface area contributed by atoms with E-state index in [1.54, 1.807) is 0 Å². The molecule has 3 aromatic rings. The molecule has 3 aromatic carbocycles. The molecule has 0 unspecified atom stereocenters. The zero-order valence-electron chi connectivity index (χ0n) is 22.1. The lowest BCUT2D eigenvalue weighted by Crippen LogP contribution is -2.19. The average molecular weight is 530 g/mol. The van der Waals surface area contributed by atoms with Crippen LogP contribution >= 0.6 is 0 Å². The number of hydrogen-bond acceptors (Lipinski definition) is 9. The van der Waals surface area contributed by atoms with E-state index >= 15 is 0 Å². The summed E-state index contributed by atoms with van der Waals surface area (Å²) >= 11 is 0. The van der Waals surface area contributed by atoms with Gasteiger partial charge in [0.15, 0.2) is 0 Å². The topological polar surface area (TPSA) is 102 Å². The molecule has 0 atom stereocenters. The van der Waals surface area contributed by atoms with Gasteiger partial charge in [-0.3, -0.25) is 0 Å². The molecule has 0 heterocycles. The fourth-order valence-corrected chi connectivity index (χ4v) is 3.69. The molecule has 38 heavy (non-hydrogen) atoms. The normalized spacial score (nSPS) is 13.3. The second kappa shape index (κ2) is 15.4. The summed E-state index contributed by atoms with van der Waals surface area (Å²) in [5.41, 5.74) is 1.17. The summed E-state index contributed by atoms with van der Waals surface area (Å²) < 4.78 is 17.1. The molecule has 0 aliphatic rings. The summed E-state index contributed by atoms with van der Waals surface area (Å²) in [5.74, 6) is 2.28. The number of rotatable bonds is 15. The molecule has 197 valence electrons. The third-order valence-corrected chi connectivity index (χ3v) is 5.47. The Hall–Kier alpha value is -3.92. The van der Waals surface area contributed by atoms with E-state index < -0.39 is 5.41 Å². The Labute approximate surface area is 227 Å². The van der Waals surface area contributed by atoms with Gasteiger partial charge < -0.3 is 14.2 Å². The molecule has 10 heteroatoms. The molecule has 3 rings (SSSR count). The van der Waals surface area contributed by atoms with Gasteiger partial charge in [0.25, 0.3) is 5.41 Å². The van der Waals surface area contributed by atoms with Crippen molar-refractivity contribution in [3.63, 3.8) is 0 Å². The first-order valence-corrected chi connectivity index (χ1v) is 13.1. The van der Waals surface area contributed by atoms with Crippen molar-refractivity contribution in [3.8, 4) is 17.2 Å². The van der Waals surface area contributed by atoms with Crippen LogP contribution in [-0.2, 0) is 19.6 Å². The minimum absolute atomic E-state index is 0.286. The van der Waals surface area contributed by atoms with E-state index in [0.717, 1.165) is 33.9 Å². The smallest absolute Gasteiger partial charge is 0.270 e. The largest absolute Gasteiger partial charge is 0.494 e. The van der Waals surface area contributed by atoms with Gasteiger partial charge in [-0.25, -0.2) is 0 Å². The van der Waals surface area contributed by atoms with Gasteiger partial charge in [-0.15, -0.1) is 15.3 Å². The summed E-state index contributed by atoms with van der Waals surface area (Å²) in [6.45, 7) is 8.36. The molecular formula is C28H33N6O3Si. The molecule has 0 aliphatic carbocycles. The molecule has 3 radical (unpaired) electrons. The standard InChI is InChI=1S/C28H33N6O3Si/c1-4-35-25-16-10-7-13-22(25)19-29-32-28(38,33-30-20-23-14-8-11-17-26(23)36-5-2)34-31-21-24-15-9-12-18-27(24)37-6-3/h7-18H,4-6,19-21H2,1-3H3. The lowest BCUT2D eigenvalue weighted by molar-refractivity contribution is 0.336. The molecular weight excluding hydrogens is 496 g/mol. The van der Waals surface area contributed by atoms with Crippen molar-refractivity contribution in [2.45, 2.75) is 45.8 Å². The van der Waals surface area contributed by atoms with Crippen LogP contribution in [-0.4, -0.2) is 35.5 Å². The van der Waals surface area contributed by atoms with Crippen LogP contribution < -0.4 is 14.2 Å². The first-order chi connectivity index (χ1) is 18.6. The van der Waals surface area contributed by atoms with Crippen molar-refractivity contribution in [1.82, 2.24) is 0 Å².